The lowest BCUT2D eigenvalue weighted by Crippen LogP contribution is -2.41. The van der Waals surface area contributed by atoms with Gasteiger partial charge in [-0.1, -0.05) is 6.07 Å². The first-order valence-corrected chi connectivity index (χ1v) is 9.51. The van der Waals surface area contributed by atoms with Crippen LogP contribution in [0.25, 0.3) is 0 Å². The molecule has 9 heteroatoms. The van der Waals surface area contributed by atoms with Gasteiger partial charge in [0.15, 0.2) is 0 Å². The number of carbonyl (C=O) groups is 1. The molecule has 0 spiro atoms. The number of anilines is 1. The fourth-order valence-corrected chi connectivity index (χ4v) is 3.15. The molecule has 0 radical (unpaired) electrons. The van der Waals surface area contributed by atoms with E-state index in [1.54, 1.807) is 0 Å². The van der Waals surface area contributed by atoms with Gasteiger partial charge in [0.1, 0.15) is 0 Å². The molecule has 0 aliphatic heterocycles. The first-order chi connectivity index (χ1) is 11.2. The van der Waals surface area contributed by atoms with E-state index in [1.807, 2.05) is 20.8 Å². The molecule has 0 saturated heterocycles. The van der Waals surface area contributed by atoms with Gasteiger partial charge in [0.25, 0.3) is 0 Å². The number of hydrogen-bond acceptors (Lipinski definition) is 3. The third-order valence-electron chi connectivity index (χ3n) is 3.14. The van der Waals surface area contributed by atoms with Crippen LogP contribution in [-0.4, -0.2) is 32.7 Å². The second-order valence-corrected chi connectivity index (χ2v) is 8.69. The summed E-state index contributed by atoms with van der Waals surface area (Å²) in [6, 6.07) is 4.12. The van der Waals surface area contributed by atoms with E-state index in [0.29, 0.717) is 0 Å². The standard InChI is InChI=1S/C16H23F3N2O3S/c1-15(2,3)20-14(22)9-6-10-21(25(4,23)24)13-8-5-7-12(11-13)16(17,18)19/h5,7-8,11H,6,9-10H2,1-4H3,(H,20,22). The Morgan fingerprint density at radius 3 is 2.28 bits per heavy atom. The summed E-state index contributed by atoms with van der Waals surface area (Å²) in [5.74, 6) is -0.245. The number of rotatable bonds is 6. The van der Waals surface area contributed by atoms with E-state index in [4.69, 9.17) is 0 Å². The molecule has 25 heavy (non-hydrogen) atoms. The van der Waals surface area contributed by atoms with E-state index in [1.165, 1.54) is 6.07 Å². The van der Waals surface area contributed by atoms with Gasteiger partial charge in [-0.15, -0.1) is 0 Å². The zero-order chi connectivity index (χ0) is 19.5. The number of halogens is 3. The van der Waals surface area contributed by atoms with Gasteiger partial charge < -0.3 is 5.32 Å². The van der Waals surface area contributed by atoms with Crippen molar-refractivity contribution in [1.29, 1.82) is 0 Å². The average Bonchev–Trinajstić information content (AvgIpc) is 2.39. The molecule has 0 aromatic heterocycles. The first-order valence-electron chi connectivity index (χ1n) is 7.66. The third kappa shape index (κ3) is 7.33. The molecule has 0 atom stereocenters. The third-order valence-corrected chi connectivity index (χ3v) is 4.34. The van der Waals surface area contributed by atoms with Crippen LogP contribution in [0.4, 0.5) is 18.9 Å². The molecule has 1 N–H and O–H groups in total. The molecule has 0 aliphatic carbocycles. The molecular weight excluding hydrogens is 357 g/mol. The highest BCUT2D eigenvalue weighted by molar-refractivity contribution is 7.92. The first kappa shape index (κ1) is 21.3. The number of benzene rings is 1. The van der Waals surface area contributed by atoms with Crippen molar-refractivity contribution in [2.75, 3.05) is 17.1 Å². The maximum absolute atomic E-state index is 12.8. The Bertz CT molecular complexity index is 710. The van der Waals surface area contributed by atoms with Gasteiger partial charge in [-0.2, -0.15) is 13.2 Å². The summed E-state index contributed by atoms with van der Waals surface area (Å²) in [7, 11) is -3.78. The van der Waals surface area contributed by atoms with Crippen molar-refractivity contribution in [1.82, 2.24) is 5.32 Å². The lowest BCUT2D eigenvalue weighted by atomic mass is 10.1. The highest BCUT2D eigenvalue weighted by Crippen LogP contribution is 2.32. The highest BCUT2D eigenvalue weighted by atomic mass is 32.2. The number of amides is 1. The quantitative estimate of drug-likeness (QED) is 0.824. The Balaban J connectivity index is 2.89. The van der Waals surface area contributed by atoms with Gasteiger partial charge >= 0.3 is 6.18 Å². The monoisotopic (exact) mass is 380 g/mol. The zero-order valence-corrected chi connectivity index (χ0v) is 15.5. The number of carbonyl (C=O) groups excluding carboxylic acids is 1. The predicted molar refractivity (Wildman–Crippen MR) is 90.8 cm³/mol. The van der Waals surface area contributed by atoms with Crippen LogP contribution in [-0.2, 0) is 21.0 Å². The molecule has 0 fully saturated rings. The van der Waals surface area contributed by atoms with Crippen molar-refractivity contribution < 1.29 is 26.4 Å². The van der Waals surface area contributed by atoms with E-state index in [9.17, 15) is 26.4 Å². The van der Waals surface area contributed by atoms with Gasteiger partial charge in [-0.05, 0) is 45.4 Å². The van der Waals surface area contributed by atoms with Crippen LogP contribution in [0.3, 0.4) is 0 Å². The normalized spacial score (nSPS) is 12.8. The smallest absolute Gasteiger partial charge is 0.352 e. The number of hydrogen-bond donors (Lipinski definition) is 1. The SMILES string of the molecule is CC(C)(C)NC(=O)CCCN(c1cccc(C(F)(F)F)c1)S(C)(=O)=O. The summed E-state index contributed by atoms with van der Waals surface area (Å²) < 4.78 is 63.2. The van der Waals surface area contributed by atoms with Crippen LogP contribution in [0.15, 0.2) is 24.3 Å². The van der Waals surface area contributed by atoms with E-state index in [0.717, 1.165) is 28.8 Å². The van der Waals surface area contributed by atoms with Crippen molar-refractivity contribution in [3.05, 3.63) is 29.8 Å². The molecule has 0 unspecified atom stereocenters. The fourth-order valence-electron chi connectivity index (χ4n) is 2.19. The van der Waals surface area contributed by atoms with Crippen molar-refractivity contribution in [2.24, 2.45) is 0 Å². The molecule has 0 heterocycles. The summed E-state index contributed by atoms with van der Waals surface area (Å²) >= 11 is 0. The molecule has 0 aliphatic rings. The maximum atomic E-state index is 12.8. The van der Waals surface area contributed by atoms with E-state index >= 15 is 0 Å². The fraction of sp³-hybridized carbons (Fsp3) is 0.562. The van der Waals surface area contributed by atoms with Crippen LogP contribution < -0.4 is 9.62 Å². The van der Waals surface area contributed by atoms with Crippen LogP contribution >= 0.6 is 0 Å². The van der Waals surface area contributed by atoms with Crippen molar-refractivity contribution in [2.45, 2.75) is 45.3 Å². The molecule has 1 aromatic rings. The van der Waals surface area contributed by atoms with Gasteiger partial charge in [-0.25, -0.2) is 8.42 Å². The molecule has 5 nitrogen and oxygen atoms in total. The number of sulfonamides is 1. The van der Waals surface area contributed by atoms with Gasteiger partial charge in [0.05, 0.1) is 17.5 Å². The zero-order valence-electron chi connectivity index (χ0n) is 14.6. The minimum atomic E-state index is -4.56. The molecule has 1 amide bonds. The van der Waals surface area contributed by atoms with Crippen LogP contribution in [0.1, 0.15) is 39.2 Å². The average molecular weight is 380 g/mol. The number of nitrogens with one attached hydrogen (secondary N) is 1. The molecule has 142 valence electrons. The lowest BCUT2D eigenvalue weighted by molar-refractivity contribution is -0.137. The minimum absolute atomic E-state index is 0.0717. The summed E-state index contributed by atoms with van der Waals surface area (Å²) in [4.78, 5) is 11.8. The van der Waals surface area contributed by atoms with Crippen molar-refractivity contribution >= 4 is 21.6 Å². The Morgan fingerprint density at radius 2 is 1.80 bits per heavy atom. The van der Waals surface area contributed by atoms with Crippen LogP contribution in [0.5, 0.6) is 0 Å². The van der Waals surface area contributed by atoms with Crippen molar-refractivity contribution in [3.63, 3.8) is 0 Å². The van der Waals surface area contributed by atoms with Gasteiger partial charge in [0.2, 0.25) is 15.9 Å². The van der Waals surface area contributed by atoms with Crippen LogP contribution in [0, 0.1) is 0 Å². The summed E-state index contributed by atoms with van der Waals surface area (Å²) in [6.45, 7) is 5.36. The molecule has 1 aromatic carbocycles. The minimum Gasteiger partial charge on any atom is -0.352 e. The Labute approximate surface area is 146 Å². The summed E-state index contributed by atoms with van der Waals surface area (Å²) in [5.41, 5.74) is -1.41. The highest BCUT2D eigenvalue weighted by Gasteiger charge is 2.31. The molecule has 0 saturated carbocycles. The molecule has 0 bridgehead atoms. The van der Waals surface area contributed by atoms with Crippen molar-refractivity contribution in [3.8, 4) is 0 Å². The van der Waals surface area contributed by atoms with E-state index in [2.05, 4.69) is 5.32 Å². The number of nitrogens with zero attached hydrogens (tertiary/aromatic N) is 1. The van der Waals surface area contributed by atoms with E-state index < -0.39 is 27.3 Å². The van der Waals surface area contributed by atoms with Crippen LogP contribution in [0.2, 0.25) is 0 Å². The Morgan fingerprint density at radius 1 is 1.20 bits per heavy atom. The molecule has 1 rings (SSSR count). The second kappa shape index (κ2) is 7.63. The van der Waals surface area contributed by atoms with Gasteiger partial charge in [0, 0.05) is 18.5 Å². The maximum Gasteiger partial charge on any atom is 0.416 e. The Kier molecular flexibility index (Phi) is 6.50. The molecular formula is C16H23F3N2O3S. The second-order valence-electron chi connectivity index (χ2n) is 6.78. The summed E-state index contributed by atoms with van der Waals surface area (Å²) in [6.07, 6.45) is -3.39. The lowest BCUT2D eigenvalue weighted by Gasteiger charge is -2.24. The van der Waals surface area contributed by atoms with Gasteiger partial charge in [-0.3, -0.25) is 9.10 Å². The topological polar surface area (TPSA) is 66.5 Å². The number of alkyl halides is 3. The largest absolute Gasteiger partial charge is 0.416 e. The van der Waals surface area contributed by atoms with E-state index in [-0.39, 0.29) is 31.0 Å². The summed E-state index contributed by atoms with van der Waals surface area (Å²) in [5, 5.41) is 2.74. The Hall–Kier alpha value is -1.77. The predicted octanol–water partition coefficient (Wildman–Crippen LogP) is 3.17.